The van der Waals surface area contributed by atoms with Gasteiger partial charge in [0.15, 0.2) is 0 Å². The highest BCUT2D eigenvalue weighted by Crippen LogP contribution is 2.18. The predicted molar refractivity (Wildman–Crippen MR) is 51.3 cm³/mol. The molecule has 1 heterocycles. The van der Waals surface area contributed by atoms with E-state index >= 15 is 0 Å². The van der Waals surface area contributed by atoms with Crippen LogP contribution in [0.1, 0.15) is 19.8 Å². The molecule has 0 unspecified atom stereocenters. The van der Waals surface area contributed by atoms with Crippen molar-refractivity contribution in [2.24, 2.45) is 0 Å². The molecular formula is C7H16ClNS. The van der Waals surface area contributed by atoms with E-state index < -0.39 is 0 Å². The lowest BCUT2D eigenvalue weighted by Crippen LogP contribution is -2.29. The SMILES string of the molecule is CCSC1CCNCC1.Cl. The molecule has 0 bridgehead atoms. The summed E-state index contributed by atoms with van der Waals surface area (Å²) in [5.74, 6) is 1.28. The van der Waals surface area contributed by atoms with Crippen LogP contribution in [0.25, 0.3) is 0 Å². The zero-order valence-electron chi connectivity index (χ0n) is 6.43. The van der Waals surface area contributed by atoms with E-state index in [9.17, 15) is 0 Å². The van der Waals surface area contributed by atoms with Crippen molar-refractivity contribution in [1.29, 1.82) is 0 Å². The minimum absolute atomic E-state index is 0. The lowest BCUT2D eigenvalue weighted by molar-refractivity contribution is 0.532. The summed E-state index contributed by atoms with van der Waals surface area (Å²) in [5.41, 5.74) is 0. The molecule has 0 aromatic heterocycles. The summed E-state index contributed by atoms with van der Waals surface area (Å²) in [6.45, 7) is 4.71. The Morgan fingerprint density at radius 1 is 1.40 bits per heavy atom. The molecule has 62 valence electrons. The van der Waals surface area contributed by atoms with Crippen molar-refractivity contribution < 1.29 is 0 Å². The highest BCUT2D eigenvalue weighted by atomic mass is 35.5. The Balaban J connectivity index is 0.000000810. The van der Waals surface area contributed by atoms with Crippen molar-refractivity contribution in [2.45, 2.75) is 25.0 Å². The normalized spacial score (nSPS) is 20.1. The molecule has 0 aliphatic carbocycles. The van der Waals surface area contributed by atoms with Gasteiger partial charge in [-0.1, -0.05) is 6.92 Å². The Morgan fingerprint density at radius 2 is 2.00 bits per heavy atom. The summed E-state index contributed by atoms with van der Waals surface area (Å²) in [6, 6.07) is 0. The Hall–Kier alpha value is 0.600. The van der Waals surface area contributed by atoms with Crippen molar-refractivity contribution in [2.75, 3.05) is 18.8 Å². The fourth-order valence-corrected chi connectivity index (χ4v) is 2.24. The second kappa shape index (κ2) is 6.32. The van der Waals surface area contributed by atoms with E-state index in [1.54, 1.807) is 0 Å². The topological polar surface area (TPSA) is 12.0 Å². The van der Waals surface area contributed by atoms with E-state index in [-0.39, 0.29) is 12.4 Å². The Bertz CT molecular complexity index is 71.3. The number of hydrogen-bond donors (Lipinski definition) is 1. The summed E-state index contributed by atoms with van der Waals surface area (Å²) in [5, 5.41) is 4.31. The van der Waals surface area contributed by atoms with Gasteiger partial charge in [0.25, 0.3) is 0 Å². The molecule has 0 aromatic carbocycles. The third-order valence-electron chi connectivity index (χ3n) is 1.69. The standard InChI is InChI=1S/C7H15NS.ClH/c1-2-9-7-3-5-8-6-4-7;/h7-8H,2-6H2,1H3;1H. The first-order valence-corrected chi connectivity index (χ1v) is 4.80. The third-order valence-corrected chi connectivity index (χ3v) is 2.96. The second-order valence-corrected chi connectivity index (χ2v) is 3.98. The number of thioether (sulfide) groups is 1. The molecule has 1 aliphatic rings. The zero-order chi connectivity index (χ0) is 6.53. The molecule has 0 amide bonds. The molecule has 10 heavy (non-hydrogen) atoms. The first-order valence-electron chi connectivity index (χ1n) is 3.76. The van der Waals surface area contributed by atoms with E-state index in [0.717, 1.165) is 5.25 Å². The third kappa shape index (κ3) is 3.69. The number of hydrogen-bond acceptors (Lipinski definition) is 2. The quantitative estimate of drug-likeness (QED) is 0.699. The molecule has 0 spiro atoms. The minimum Gasteiger partial charge on any atom is -0.317 e. The Morgan fingerprint density at radius 3 is 2.50 bits per heavy atom. The van der Waals surface area contributed by atoms with Gasteiger partial charge in [0.1, 0.15) is 0 Å². The maximum Gasteiger partial charge on any atom is 0.00710 e. The zero-order valence-corrected chi connectivity index (χ0v) is 8.06. The molecule has 0 atom stereocenters. The van der Waals surface area contributed by atoms with Gasteiger partial charge in [0.2, 0.25) is 0 Å². The Kier molecular flexibility index (Phi) is 6.70. The van der Waals surface area contributed by atoms with Crippen LogP contribution in [0.15, 0.2) is 0 Å². The van der Waals surface area contributed by atoms with Crippen LogP contribution in [0.4, 0.5) is 0 Å². The summed E-state index contributed by atoms with van der Waals surface area (Å²) in [7, 11) is 0. The maximum absolute atomic E-state index is 3.36. The first kappa shape index (κ1) is 10.6. The van der Waals surface area contributed by atoms with E-state index in [4.69, 9.17) is 0 Å². The minimum atomic E-state index is 0. The number of rotatable bonds is 2. The van der Waals surface area contributed by atoms with Gasteiger partial charge in [-0.2, -0.15) is 11.8 Å². The summed E-state index contributed by atoms with van der Waals surface area (Å²) in [6.07, 6.45) is 2.75. The summed E-state index contributed by atoms with van der Waals surface area (Å²) < 4.78 is 0. The second-order valence-electron chi connectivity index (χ2n) is 2.40. The average Bonchev–Trinajstić information content (AvgIpc) is 1.91. The molecule has 1 rings (SSSR count). The van der Waals surface area contributed by atoms with Gasteiger partial charge in [0, 0.05) is 5.25 Å². The van der Waals surface area contributed by atoms with E-state index in [1.165, 1.54) is 31.7 Å². The first-order chi connectivity index (χ1) is 4.43. The molecule has 0 saturated carbocycles. The van der Waals surface area contributed by atoms with Gasteiger partial charge in [0.05, 0.1) is 0 Å². The fourth-order valence-electron chi connectivity index (χ4n) is 1.20. The van der Waals surface area contributed by atoms with Crippen LogP contribution in [0.5, 0.6) is 0 Å². The van der Waals surface area contributed by atoms with Crippen LogP contribution < -0.4 is 5.32 Å². The monoisotopic (exact) mass is 181 g/mol. The molecule has 3 heteroatoms. The van der Waals surface area contributed by atoms with Crippen LogP contribution in [0, 0.1) is 0 Å². The van der Waals surface area contributed by atoms with Crippen LogP contribution in [0.2, 0.25) is 0 Å². The van der Waals surface area contributed by atoms with E-state index in [0.29, 0.717) is 0 Å². The van der Waals surface area contributed by atoms with Crippen molar-refractivity contribution in [1.82, 2.24) is 5.32 Å². The average molecular weight is 182 g/mol. The largest absolute Gasteiger partial charge is 0.317 e. The van der Waals surface area contributed by atoms with Crippen LogP contribution in [0.3, 0.4) is 0 Å². The Labute approximate surface area is 73.7 Å². The van der Waals surface area contributed by atoms with Crippen LogP contribution >= 0.6 is 24.2 Å². The molecule has 1 fully saturated rings. The fraction of sp³-hybridized carbons (Fsp3) is 1.00. The summed E-state index contributed by atoms with van der Waals surface area (Å²) in [4.78, 5) is 0. The van der Waals surface area contributed by atoms with Crippen molar-refractivity contribution in [3.63, 3.8) is 0 Å². The van der Waals surface area contributed by atoms with Gasteiger partial charge in [-0.05, 0) is 31.7 Å². The number of nitrogens with one attached hydrogen (secondary N) is 1. The van der Waals surface area contributed by atoms with Crippen molar-refractivity contribution in [3.8, 4) is 0 Å². The van der Waals surface area contributed by atoms with Gasteiger partial charge < -0.3 is 5.32 Å². The van der Waals surface area contributed by atoms with Crippen LogP contribution in [-0.4, -0.2) is 24.1 Å². The molecule has 1 saturated heterocycles. The molecule has 1 N–H and O–H groups in total. The lowest BCUT2D eigenvalue weighted by atomic mass is 10.2. The molecular weight excluding hydrogens is 166 g/mol. The lowest BCUT2D eigenvalue weighted by Gasteiger charge is -2.21. The number of piperidine rings is 1. The molecule has 0 aromatic rings. The van der Waals surface area contributed by atoms with Gasteiger partial charge in [-0.15, -0.1) is 12.4 Å². The van der Waals surface area contributed by atoms with Crippen molar-refractivity contribution in [3.05, 3.63) is 0 Å². The van der Waals surface area contributed by atoms with Gasteiger partial charge in [-0.3, -0.25) is 0 Å². The smallest absolute Gasteiger partial charge is 0.00710 e. The summed E-state index contributed by atoms with van der Waals surface area (Å²) >= 11 is 2.11. The highest BCUT2D eigenvalue weighted by molar-refractivity contribution is 7.99. The molecule has 0 radical (unpaired) electrons. The van der Waals surface area contributed by atoms with Gasteiger partial charge in [-0.25, -0.2) is 0 Å². The number of halogens is 1. The van der Waals surface area contributed by atoms with Crippen LogP contribution in [-0.2, 0) is 0 Å². The van der Waals surface area contributed by atoms with Crippen molar-refractivity contribution >= 4 is 24.2 Å². The van der Waals surface area contributed by atoms with E-state index in [1.807, 2.05) is 0 Å². The maximum atomic E-state index is 3.36. The van der Waals surface area contributed by atoms with Gasteiger partial charge >= 0.3 is 0 Å². The van der Waals surface area contributed by atoms with E-state index in [2.05, 4.69) is 24.0 Å². The predicted octanol–water partition coefficient (Wildman–Crippen LogP) is 1.91. The highest BCUT2D eigenvalue weighted by Gasteiger charge is 2.10. The molecule has 1 nitrogen and oxygen atoms in total. The molecule has 1 aliphatic heterocycles.